The van der Waals surface area contributed by atoms with E-state index in [0.29, 0.717) is 6.42 Å². The fourth-order valence-electron chi connectivity index (χ4n) is 1.46. The van der Waals surface area contributed by atoms with Crippen molar-refractivity contribution in [3.05, 3.63) is 28.8 Å². The Morgan fingerprint density at radius 2 is 2.00 bits per heavy atom. The first-order valence-corrected chi connectivity index (χ1v) is 7.93. The van der Waals surface area contributed by atoms with Crippen molar-refractivity contribution in [2.45, 2.75) is 30.8 Å². The number of hydrogen-bond acceptors (Lipinski definition) is 4. The maximum atomic E-state index is 12.2. The van der Waals surface area contributed by atoms with Crippen LogP contribution < -0.4 is 0 Å². The third-order valence-corrected chi connectivity index (χ3v) is 5.08. The molecule has 0 aromatic heterocycles. The number of benzene rings is 1. The van der Waals surface area contributed by atoms with Crippen LogP contribution in [0.5, 0.6) is 0 Å². The molecule has 0 saturated heterocycles. The molecule has 7 heteroatoms. The van der Waals surface area contributed by atoms with Crippen LogP contribution >= 0.6 is 11.6 Å². The predicted octanol–water partition coefficient (Wildman–Crippen LogP) is 2.63. The molecule has 0 spiro atoms. The summed E-state index contributed by atoms with van der Waals surface area (Å²) >= 11 is 5.78. The number of aromatic carboxylic acids is 1. The number of sulfone groups is 1. The number of rotatable bonds is 6. The van der Waals surface area contributed by atoms with Gasteiger partial charge in [-0.2, -0.15) is 0 Å². The van der Waals surface area contributed by atoms with Crippen LogP contribution in [0.15, 0.2) is 23.1 Å². The first kappa shape index (κ1) is 16.9. The van der Waals surface area contributed by atoms with Gasteiger partial charge in [-0.05, 0) is 38.5 Å². The van der Waals surface area contributed by atoms with E-state index in [-0.39, 0.29) is 21.2 Å². The molecular weight excluding hydrogens is 304 g/mol. The van der Waals surface area contributed by atoms with Crippen molar-refractivity contribution in [2.75, 3.05) is 12.9 Å². The second-order valence-electron chi connectivity index (χ2n) is 4.98. The molecular formula is C13H17ClO5S. The van der Waals surface area contributed by atoms with Gasteiger partial charge in [0.25, 0.3) is 0 Å². The van der Waals surface area contributed by atoms with Gasteiger partial charge in [0.05, 0.1) is 26.8 Å². The SMILES string of the molecule is COC(C)(C)CCS(=O)(=O)c1ccc(C(=O)O)c(Cl)c1. The zero-order valence-corrected chi connectivity index (χ0v) is 13.1. The number of methoxy groups -OCH3 is 1. The van der Waals surface area contributed by atoms with Crippen LogP contribution in [0.4, 0.5) is 0 Å². The molecule has 0 saturated carbocycles. The minimum absolute atomic E-state index is 0.0133. The molecule has 112 valence electrons. The van der Waals surface area contributed by atoms with Crippen molar-refractivity contribution >= 4 is 27.4 Å². The molecule has 0 radical (unpaired) electrons. The topological polar surface area (TPSA) is 80.7 Å². The van der Waals surface area contributed by atoms with E-state index < -0.39 is 21.4 Å². The molecule has 0 fully saturated rings. The Hall–Kier alpha value is -1.11. The standard InChI is InChI=1S/C13H17ClO5S/c1-13(2,19-3)6-7-20(17,18)9-4-5-10(12(15)16)11(14)8-9/h4-5,8H,6-7H2,1-3H3,(H,15,16). The van der Waals surface area contributed by atoms with Gasteiger partial charge in [0.15, 0.2) is 9.84 Å². The van der Waals surface area contributed by atoms with Crippen LogP contribution in [-0.4, -0.2) is 38.0 Å². The van der Waals surface area contributed by atoms with Crippen LogP contribution in [0.3, 0.4) is 0 Å². The van der Waals surface area contributed by atoms with Crippen LogP contribution in [-0.2, 0) is 14.6 Å². The fraction of sp³-hybridized carbons (Fsp3) is 0.462. The van der Waals surface area contributed by atoms with E-state index in [1.54, 1.807) is 13.8 Å². The number of carbonyl (C=O) groups is 1. The van der Waals surface area contributed by atoms with Crippen LogP contribution in [0, 0.1) is 0 Å². The smallest absolute Gasteiger partial charge is 0.337 e. The van der Waals surface area contributed by atoms with Crippen molar-refractivity contribution in [1.29, 1.82) is 0 Å². The summed E-state index contributed by atoms with van der Waals surface area (Å²) in [6.07, 6.45) is 0.324. The lowest BCUT2D eigenvalue weighted by atomic mass is 10.1. The van der Waals surface area contributed by atoms with E-state index in [0.717, 1.165) is 0 Å². The molecule has 1 N–H and O–H groups in total. The van der Waals surface area contributed by atoms with E-state index in [4.69, 9.17) is 21.4 Å². The second kappa shape index (κ2) is 6.11. The van der Waals surface area contributed by atoms with Gasteiger partial charge in [-0.1, -0.05) is 11.6 Å². The monoisotopic (exact) mass is 320 g/mol. The summed E-state index contributed by atoms with van der Waals surface area (Å²) in [5.41, 5.74) is -0.666. The van der Waals surface area contributed by atoms with Crippen molar-refractivity contribution in [3.63, 3.8) is 0 Å². The van der Waals surface area contributed by atoms with Gasteiger partial charge in [0.1, 0.15) is 0 Å². The Bertz CT molecular complexity index is 607. The molecule has 0 aliphatic heterocycles. The first-order valence-electron chi connectivity index (χ1n) is 5.90. The minimum atomic E-state index is -3.53. The summed E-state index contributed by atoms with van der Waals surface area (Å²) in [7, 11) is -2.01. The average Bonchev–Trinajstić information content (AvgIpc) is 2.36. The molecule has 0 amide bonds. The highest BCUT2D eigenvalue weighted by atomic mass is 35.5. The van der Waals surface area contributed by atoms with Crippen LogP contribution in [0.25, 0.3) is 0 Å². The number of hydrogen-bond donors (Lipinski definition) is 1. The number of carboxylic acids is 1. The van der Waals surface area contributed by atoms with Crippen molar-refractivity contribution in [3.8, 4) is 0 Å². The lowest BCUT2D eigenvalue weighted by molar-refractivity contribution is 0.0203. The Morgan fingerprint density at radius 3 is 2.45 bits per heavy atom. The molecule has 1 aromatic rings. The van der Waals surface area contributed by atoms with E-state index in [1.807, 2.05) is 0 Å². The highest BCUT2D eigenvalue weighted by molar-refractivity contribution is 7.91. The Kier molecular flexibility index (Phi) is 5.18. The van der Waals surface area contributed by atoms with E-state index >= 15 is 0 Å². The zero-order chi connectivity index (χ0) is 15.6. The largest absolute Gasteiger partial charge is 0.478 e. The van der Waals surface area contributed by atoms with Crippen molar-refractivity contribution in [2.24, 2.45) is 0 Å². The molecule has 0 atom stereocenters. The Labute approximate surface area is 123 Å². The molecule has 1 rings (SSSR count). The van der Waals surface area contributed by atoms with Gasteiger partial charge in [-0.15, -0.1) is 0 Å². The normalized spacial score (nSPS) is 12.4. The third kappa shape index (κ3) is 4.19. The van der Waals surface area contributed by atoms with Gasteiger partial charge in [-0.3, -0.25) is 0 Å². The van der Waals surface area contributed by atoms with E-state index in [2.05, 4.69) is 0 Å². The molecule has 5 nitrogen and oxygen atoms in total. The number of ether oxygens (including phenoxy) is 1. The highest BCUT2D eigenvalue weighted by Gasteiger charge is 2.23. The minimum Gasteiger partial charge on any atom is -0.478 e. The number of carboxylic acid groups (broad SMARTS) is 1. The molecule has 0 aliphatic carbocycles. The quantitative estimate of drug-likeness (QED) is 0.871. The van der Waals surface area contributed by atoms with Crippen molar-refractivity contribution < 1.29 is 23.1 Å². The zero-order valence-electron chi connectivity index (χ0n) is 11.5. The maximum Gasteiger partial charge on any atom is 0.337 e. The van der Waals surface area contributed by atoms with E-state index in [1.165, 1.54) is 25.3 Å². The Morgan fingerprint density at radius 1 is 1.40 bits per heavy atom. The van der Waals surface area contributed by atoms with Gasteiger partial charge >= 0.3 is 5.97 Å². The molecule has 0 unspecified atom stereocenters. The van der Waals surface area contributed by atoms with Crippen LogP contribution in [0.2, 0.25) is 5.02 Å². The molecule has 0 heterocycles. The van der Waals surface area contributed by atoms with E-state index in [9.17, 15) is 13.2 Å². The van der Waals surface area contributed by atoms with Gasteiger partial charge < -0.3 is 9.84 Å². The maximum absolute atomic E-state index is 12.2. The summed E-state index contributed by atoms with van der Waals surface area (Å²) in [4.78, 5) is 10.8. The fourth-order valence-corrected chi connectivity index (χ4v) is 3.36. The first-order chi connectivity index (χ1) is 9.09. The lowest BCUT2D eigenvalue weighted by Crippen LogP contribution is -2.26. The molecule has 0 bridgehead atoms. The lowest BCUT2D eigenvalue weighted by Gasteiger charge is -2.22. The molecule has 0 aliphatic rings. The second-order valence-corrected chi connectivity index (χ2v) is 7.50. The van der Waals surface area contributed by atoms with Gasteiger partial charge in [-0.25, -0.2) is 13.2 Å². The third-order valence-electron chi connectivity index (χ3n) is 3.06. The summed E-state index contributed by atoms with van der Waals surface area (Å²) < 4.78 is 29.5. The molecule has 1 aromatic carbocycles. The van der Waals surface area contributed by atoms with Gasteiger partial charge in [0.2, 0.25) is 0 Å². The highest BCUT2D eigenvalue weighted by Crippen LogP contribution is 2.23. The summed E-state index contributed by atoms with van der Waals surface area (Å²) in [6.45, 7) is 3.59. The number of halogens is 1. The molecule has 20 heavy (non-hydrogen) atoms. The summed E-state index contributed by atoms with van der Waals surface area (Å²) in [5.74, 6) is -1.30. The summed E-state index contributed by atoms with van der Waals surface area (Å²) in [5, 5.41) is 8.76. The Balaban J connectivity index is 2.99. The van der Waals surface area contributed by atoms with Crippen LogP contribution in [0.1, 0.15) is 30.6 Å². The van der Waals surface area contributed by atoms with Gasteiger partial charge in [0, 0.05) is 7.11 Å². The predicted molar refractivity (Wildman–Crippen MR) is 76.2 cm³/mol. The average molecular weight is 321 g/mol. The summed E-state index contributed by atoms with van der Waals surface area (Å²) in [6, 6.07) is 3.61. The van der Waals surface area contributed by atoms with Crippen molar-refractivity contribution in [1.82, 2.24) is 0 Å².